The van der Waals surface area contributed by atoms with E-state index in [0.29, 0.717) is 36.6 Å². The number of sulfonamides is 1. The zero-order valence-corrected chi connectivity index (χ0v) is 28.9. The molecule has 0 atom stereocenters. The van der Waals surface area contributed by atoms with Gasteiger partial charge in [-0.2, -0.15) is 21.6 Å². The van der Waals surface area contributed by atoms with Crippen molar-refractivity contribution in [2.45, 2.75) is 83.0 Å². The molecule has 0 unspecified atom stereocenters. The van der Waals surface area contributed by atoms with Crippen molar-refractivity contribution in [3.63, 3.8) is 0 Å². The minimum absolute atomic E-state index is 0.0313. The second kappa shape index (κ2) is 14.3. The Labute approximate surface area is 284 Å². The van der Waals surface area contributed by atoms with Crippen molar-refractivity contribution >= 4 is 21.7 Å². The number of benzene rings is 1. The van der Waals surface area contributed by atoms with E-state index >= 15 is 0 Å². The Morgan fingerprint density at radius 3 is 2.47 bits per heavy atom. The molecular formula is C34H42F3N7O4S. The van der Waals surface area contributed by atoms with Crippen LogP contribution in [0.2, 0.25) is 0 Å². The number of ether oxygens (including phenoxy) is 1. The Morgan fingerprint density at radius 2 is 1.71 bits per heavy atom. The number of alkyl halides is 3. The second-order valence-corrected chi connectivity index (χ2v) is 15.1. The largest absolute Gasteiger partial charge is 0.476 e. The van der Waals surface area contributed by atoms with E-state index in [1.54, 1.807) is 26.0 Å². The van der Waals surface area contributed by atoms with Crippen molar-refractivity contribution in [1.82, 2.24) is 24.7 Å². The second-order valence-electron chi connectivity index (χ2n) is 13.5. The molecule has 5 rings (SSSR count). The predicted octanol–water partition coefficient (Wildman–Crippen LogP) is 6.58. The third kappa shape index (κ3) is 9.06. The number of halogens is 3. The number of rotatable bonds is 7. The molecule has 1 aliphatic heterocycles. The molecule has 15 heteroatoms. The third-order valence-electron chi connectivity index (χ3n) is 8.32. The fraction of sp³-hybridized carbons (Fsp3) is 0.471. The maximum absolute atomic E-state index is 13.7. The highest BCUT2D eigenvalue weighted by Crippen LogP contribution is 2.38. The summed E-state index contributed by atoms with van der Waals surface area (Å²) in [5.41, 5.74) is -0.988. The van der Waals surface area contributed by atoms with Gasteiger partial charge in [0.2, 0.25) is 5.88 Å². The summed E-state index contributed by atoms with van der Waals surface area (Å²) in [6.07, 6.45) is 3.10. The van der Waals surface area contributed by atoms with Gasteiger partial charge >= 0.3 is 6.18 Å². The van der Waals surface area contributed by atoms with Crippen molar-refractivity contribution in [3.05, 3.63) is 66.5 Å². The fourth-order valence-corrected chi connectivity index (χ4v) is 6.18. The maximum atomic E-state index is 13.7. The highest BCUT2D eigenvalue weighted by Gasteiger charge is 2.48. The van der Waals surface area contributed by atoms with Crippen LogP contribution >= 0.6 is 0 Å². The number of aliphatic hydroxyl groups is 1. The minimum Gasteiger partial charge on any atom is -0.476 e. The summed E-state index contributed by atoms with van der Waals surface area (Å²) in [5.74, 6) is 0.637. The van der Waals surface area contributed by atoms with Gasteiger partial charge in [0.05, 0.1) is 17.2 Å². The van der Waals surface area contributed by atoms with Gasteiger partial charge in [-0.3, -0.25) is 4.72 Å². The van der Waals surface area contributed by atoms with Crippen LogP contribution in [-0.4, -0.2) is 69.7 Å². The van der Waals surface area contributed by atoms with Crippen LogP contribution in [0.5, 0.6) is 5.88 Å². The molecule has 2 N–H and O–H groups in total. The van der Waals surface area contributed by atoms with Crippen molar-refractivity contribution < 1.29 is 31.4 Å². The Kier molecular flexibility index (Phi) is 10.5. The molecule has 49 heavy (non-hydrogen) atoms. The van der Waals surface area contributed by atoms with Crippen LogP contribution < -0.4 is 14.4 Å². The first-order chi connectivity index (χ1) is 23.0. The van der Waals surface area contributed by atoms with E-state index in [0.717, 1.165) is 51.5 Å². The van der Waals surface area contributed by atoms with E-state index in [4.69, 9.17) is 9.72 Å². The summed E-state index contributed by atoms with van der Waals surface area (Å²) >= 11 is 0. The average Bonchev–Trinajstić information content (AvgIpc) is 3.51. The predicted molar refractivity (Wildman–Crippen MR) is 180 cm³/mol. The first-order valence-electron chi connectivity index (χ1n) is 16.2. The summed E-state index contributed by atoms with van der Waals surface area (Å²) in [7, 11) is -4.22. The number of anilines is 2. The number of hydrogen-bond donors (Lipinski definition) is 2. The number of aryl methyl sites for hydroxylation is 1. The summed E-state index contributed by atoms with van der Waals surface area (Å²) in [6, 6.07) is 13.8. The lowest BCUT2D eigenvalue weighted by atomic mass is 9.94. The number of pyridine rings is 1. The molecule has 4 bridgehead atoms. The zero-order chi connectivity index (χ0) is 35.5. The van der Waals surface area contributed by atoms with Crippen LogP contribution in [0.1, 0.15) is 65.4 Å². The molecule has 4 heterocycles. The van der Waals surface area contributed by atoms with Gasteiger partial charge in [0, 0.05) is 30.9 Å². The SMILES string of the molecule is CC(C)(O)CCN1CCCCCCc2ccccc2-c2nc(cnc2-n2ccc(OCC(C)(C)C(F)(F)F)n2)NS(=O)(=O)c2cccc1n2. The molecule has 264 valence electrons. The molecule has 1 aromatic carbocycles. The Balaban J connectivity index is 1.53. The number of hydrogen-bond acceptors (Lipinski definition) is 9. The van der Waals surface area contributed by atoms with Crippen molar-refractivity contribution in [3.8, 4) is 23.0 Å². The normalized spacial score (nSPS) is 16.0. The lowest BCUT2D eigenvalue weighted by Gasteiger charge is -2.27. The Morgan fingerprint density at radius 1 is 0.959 bits per heavy atom. The molecule has 0 saturated heterocycles. The van der Waals surface area contributed by atoms with Gasteiger partial charge in [0.25, 0.3) is 10.0 Å². The first-order valence-corrected chi connectivity index (χ1v) is 17.7. The van der Waals surface area contributed by atoms with Crippen LogP contribution in [0, 0.1) is 5.41 Å². The quantitative estimate of drug-likeness (QED) is 0.219. The van der Waals surface area contributed by atoms with Gasteiger partial charge in [-0.1, -0.05) is 43.2 Å². The van der Waals surface area contributed by atoms with Crippen LogP contribution in [0.4, 0.5) is 24.8 Å². The van der Waals surface area contributed by atoms with Crippen LogP contribution in [0.3, 0.4) is 0 Å². The lowest BCUT2D eigenvalue weighted by molar-refractivity contribution is -0.219. The van der Waals surface area contributed by atoms with Crippen molar-refractivity contribution in [2.75, 3.05) is 29.3 Å². The number of nitrogens with zero attached hydrogens (tertiary/aromatic N) is 6. The van der Waals surface area contributed by atoms with Gasteiger partial charge in [-0.05, 0) is 71.1 Å². The highest BCUT2D eigenvalue weighted by atomic mass is 32.2. The van der Waals surface area contributed by atoms with Gasteiger partial charge < -0.3 is 14.7 Å². The molecule has 0 amide bonds. The van der Waals surface area contributed by atoms with Gasteiger partial charge in [0.15, 0.2) is 16.7 Å². The molecule has 11 nitrogen and oxygen atoms in total. The first kappa shape index (κ1) is 36.1. The van der Waals surface area contributed by atoms with Gasteiger partial charge in [-0.25, -0.2) is 19.6 Å². The number of nitrogens with one attached hydrogen (secondary N) is 1. The van der Waals surface area contributed by atoms with E-state index in [9.17, 15) is 26.7 Å². The standard InChI is InChI=1S/C34H42F3N7O4S/c1-32(2,34(35,36)37)23-48-28-17-20-44(41-28)31-30-25-14-9-8-13-24(25)12-7-5-6-10-19-43(21-18-33(3,4)45)27-15-11-16-29(40-27)49(46,47)42-26(39-30)22-38-31/h8-9,11,13-17,20,22,45H,5-7,10,12,18-19,21,23H2,1-4H3,(H,39,42). The molecule has 0 fully saturated rings. The monoisotopic (exact) mass is 701 g/mol. The lowest BCUT2D eigenvalue weighted by Crippen LogP contribution is -2.37. The summed E-state index contributed by atoms with van der Waals surface area (Å²) < 4.78 is 76.8. The zero-order valence-electron chi connectivity index (χ0n) is 28.0. The van der Waals surface area contributed by atoms with E-state index in [1.807, 2.05) is 29.2 Å². The number of aromatic nitrogens is 5. The van der Waals surface area contributed by atoms with E-state index in [-0.39, 0.29) is 22.5 Å². The molecule has 3 aromatic heterocycles. The van der Waals surface area contributed by atoms with Crippen LogP contribution in [0.25, 0.3) is 17.1 Å². The van der Waals surface area contributed by atoms with Crippen LogP contribution in [-0.2, 0) is 16.4 Å². The maximum Gasteiger partial charge on any atom is 0.397 e. The summed E-state index contributed by atoms with van der Waals surface area (Å²) in [6.45, 7) is 6.08. The molecule has 1 aliphatic rings. The molecular weight excluding hydrogens is 659 g/mol. The van der Waals surface area contributed by atoms with Gasteiger partial charge in [-0.15, -0.1) is 5.10 Å². The fourth-order valence-electron chi connectivity index (χ4n) is 5.23. The highest BCUT2D eigenvalue weighted by molar-refractivity contribution is 7.92. The van der Waals surface area contributed by atoms with Crippen molar-refractivity contribution in [1.29, 1.82) is 0 Å². The average molecular weight is 702 g/mol. The molecule has 0 radical (unpaired) electrons. The molecule has 4 aromatic rings. The van der Waals surface area contributed by atoms with E-state index in [1.165, 1.54) is 29.2 Å². The van der Waals surface area contributed by atoms with E-state index < -0.39 is 33.8 Å². The minimum atomic E-state index is -4.47. The third-order valence-corrected chi connectivity index (χ3v) is 9.58. The Bertz CT molecular complexity index is 1860. The number of fused-ring (bicyclic) bond motifs is 6. The summed E-state index contributed by atoms with van der Waals surface area (Å²) in [5, 5.41) is 14.5. The molecule has 0 saturated carbocycles. The molecule has 0 aliphatic carbocycles. The van der Waals surface area contributed by atoms with E-state index in [2.05, 4.69) is 19.8 Å². The smallest absolute Gasteiger partial charge is 0.397 e. The van der Waals surface area contributed by atoms with Gasteiger partial charge in [0.1, 0.15) is 18.1 Å². The molecule has 0 spiro atoms. The Hall–Kier alpha value is -4.24. The van der Waals surface area contributed by atoms with Crippen LogP contribution in [0.15, 0.2) is 66.0 Å². The summed E-state index contributed by atoms with van der Waals surface area (Å²) in [4.78, 5) is 15.7. The van der Waals surface area contributed by atoms with Crippen molar-refractivity contribution in [2.24, 2.45) is 5.41 Å². The topological polar surface area (TPSA) is 135 Å².